The number of hydrogen-bond donors (Lipinski definition) is 2. The van der Waals surface area contributed by atoms with Crippen molar-refractivity contribution in [2.24, 2.45) is 0 Å². The summed E-state index contributed by atoms with van der Waals surface area (Å²) in [6.45, 7) is 0. The Labute approximate surface area is 143 Å². The molecular formula is C20H18FN3O. The summed E-state index contributed by atoms with van der Waals surface area (Å²) in [5, 5.41) is 2.75. The first-order valence-electron chi connectivity index (χ1n) is 8.84. The first kappa shape index (κ1) is 14.6. The van der Waals surface area contributed by atoms with Crippen molar-refractivity contribution in [3.63, 3.8) is 0 Å². The number of nitrogens with zero attached hydrogens (tertiary/aromatic N) is 1. The molecule has 2 aromatic heterocycles. The Bertz CT molecular complexity index is 1170. The van der Waals surface area contributed by atoms with E-state index in [9.17, 15) is 9.18 Å². The van der Waals surface area contributed by atoms with E-state index in [4.69, 9.17) is 4.98 Å². The third-order valence-electron chi connectivity index (χ3n) is 5.45. The molecule has 0 amide bonds. The summed E-state index contributed by atoms with van der Waals surface area (Å²) >= 11 is 0. The highest BCUT2D eigenvalue weighted by Gasteiger charge is 2.21. The van der Waals surface area contributed by atoms with Crippen LogP contribution in [0.1, 0.15) is 43.8 Å². The fraction of sp³-hybridized carbons (Fsp3) is 0.300. The highest BCUT2D eigenvalue weighted by molar-refractivity contribution is 6.22. The molecule has 0 spiro atoms. The van der Waals surface area contributed by atoms with E-state index in [0.717, 1.165) is 40.5 Å². The van der Waals surface area contributed by atoms with Gasteiger partial charge in [0.25, 0.3) is 5.56 Å². The van der Waals surface area contributed by atoms with Gasteiger partial charge in [-0.1, -0.05) is 19.3 Å². The lowest BCUT2D eigenvalue weighted by molar-refractivity contribution is 0.431. The summed E-state index contributed by atoms with van der Waals surface area (Å²) in [5.41, 5.74) is 1.49. The van der Waals surface area contributed by atoms with E-state index < -0.39 is 0 Å². The molecule has 5 rings (SSSR count). The van der Waals surface area contributed by atoms with Crippen LogP contribution in [0.25, 0.3) is 32.6 Å². The molecule has 4 nitrogen and oxygen atoms in total. The molecule has 1 aliphatic rings. The van der Waals surface area contributed by atoms with Gasteiger partial charge in [-0.3, -0.25) is 4.79 Å². The van der Waals surface area contributed by atoms with Crippen LogP contribution in [-0.4, -0.2) is 15.0 Å². The summed E-state index contributed by atoms with van der Waals surface area (Å²) in [6, 6.07) is 6.47. The molecule has 2 aromatic carbocycles. The molecule has 25 heavy (non-hydrogen) atoms. The Morgan fingerprint density at radius 3 is 2.72 bits per heavy atom. The van der Waals surface area contributed by atoms with Gasteiger partial charge >= 0.3 is 0 Å². The molecule has 2 N–H and O–H groups in total. The topological polar surface area (TPSA) is 61.5 Å². The van der Waals surface area contributed by atoms with Crippen molar-refractivity contribution in [2.45, 2.75) is 38.0 Å². The van der Waals surface area contributed by atoms with Crippen LogP contribution in [0.2, 0.25) is 0 Å². The fourth-order valence-electron chi connectivity index (χ4n) is 4.24. The van der Waals surface area contributed by atoms with Gasteiger partial charge in [0, 0.05) is 28.3 Å². The summed E-state index contributed by atoms with van der Waals surface area (Å²) in [7, 11) is 0. The number of fused-ring (bicyclic) bond motifs is 6. The lowest BCUT2D eigenvalue weighted by Crippen LogP contribution is -2.06. The van der Waals surface area contributed by atoms with Crippen molar-refractivity contribution in [1.29, 1.82) is 0 Å². The Hall–Kier alpha value is -2.69. The Morgan fingerprint density at radius 2 is 1.88 bits per heavy atom. The second kappa shape index (κ2) is 5.41. The van der Waals surface area contributed by atoms with Gasteiger partial charge in [-0.25, -0.2) is 9.37 Å². The zero-order valence-corrected chi connectivity index (χ0v) is 13.7. The second-order valence-corrected chi connectivity index (χ2v) is 6.97. The van der Waals surface area contributed by atoms with Crippen molar-refractivity contribution in [1.82, 2.24) is 15.0 Å². The maximum absolute atomic E-state index is 13.9. The van der Waals surface area contributed by atoms with Crippen LogP contribution in [-0.2, 0) is 0 Å². The Morgan fingerprint density at radius 1 is 1.04 bits per heavy atom. The monoisotopic (exact) mass is 335 g/mol. The van der Waals surface area contributed by atoms with Crippen LogP contribution in [0.3, 0.4) is 0 Å². The minimum absolute atomic E-state index is 0.211. The molecular weight excluding hydrogens is 317 g/mol. The quantitative estimate of drug-likeness (QED) is 0.493. The number of H-pyrrole nitrogens is 2. The Balaban J connectivity index is 1.91. The number of benzene rings is 2. The van der Waals surface area contributed by atoms with Crippen molar-refractivity contribution in [3.8, 4) is 0 Å². The lowest BCUT2D eigenvalue weighted by atomic mass is 9.89. The number of imidazole rings is 1. The minimum atomic E-state index is -0.344. The summed E-state index contributed by atoms with van der Waals surface area (Å²) in [6.07, 6.45) is 7.67. The van der Waals surface area contributed by atoms with E-state index in [0.29, 0.717) is 16.7 Å². The van der Waals surface area contributed by atoms with Crippen LogP contribution in [0.4, 0.5) is 4.39 Å². The molecule has 0 unspecified atom stereocenters. The molecule has 5 heteroatoms. The van der Waals surface area contributed by atoms with Crippen molar-refractivity contribution in [3.05, 3.63) is 52.5 Å². The molecule has 0 atom stereocenters. The average molecular weight is 335 g/mol. The van der Waals surface area contributed by atoms with E-state index in [1.807, 2.05) is 6.07 Å². The van der Waals surface area contributed by atoms with Crippen LogP contribution in [0.15, 0.2) is 35.3 Å². The van der Waals surface area contributed by atoms with Crippen LogP contribution < -0.4 is 5.56 Å². The molecule has 0 bridgehead atoms. The van der Waals surface area contributed by atoms with Gasteiger partial charge in [0.15, 0.2) is 0 Å². The molecule has 4 aromatic rings. The highest BCUT2D eigenvalue weighted by atomic mass is 19.1. The van der Waals surface area contributed by atoms with E-state index in [-0.39, 0.29) is 11.4 Å². The molecule has 126 valence electrons. The number of pyridine rings is 1. The largest absolute Gasteiger partial charge is 0.341 e. The zero-order valence-electron chi connectivity index (χ0n) is 13.7. The predicted molar refractivity (Wildman–Crippen MR) is 97.5 cm³/mol. The minimum Gasteiger partial charge on any atom is -0.341 e. The average Bonchev–Trinajstić information content (AvgIpc) is 3.08. The molecule has 1 saturated carbocycles. The number of aromatic amines is 2. The van der Waals surface area contributed by atoms with Gasteiger partial charge < -0.3 is 9.97 Å². The van der Waals surface area contributed by atoms with Gasteiger partial charge in [0.05, 0.1) is 16.4 Å². The molecule has 0 aliphatic heterocycles. The summed E-state index contributed by atoms with van der Waals surface area (Å²) < 4.78 is 13.9. The number of nitrogens with one attached hydrogen (secondary N) is 2. The summed E-state index contributed by atoms with van der Waals surface area (Å²) in [5.74, 6) is 1.09. The SMILES string of the molecule is O=c1[nH]ccc2c3nc(C4CCCCC4)[nH]c3c3ccc(F)cc3c12. The number of halogens is 1. The molecule has 0 saturated heterocycles. The number of hydrogen-bond acceptors (Lipinski definition) is 2. The van der Waals surface area contributed by atoms with Crippen LogP contribution in [0, 0.1) is 5.82 Å². The number of rotatable bonds is 1. The number of aromatic nitrogens is 3. The Kier molecular flexibility index (Phi) is 3.17. The van der Waals surface area contributed by atoms with E-state index in [2.05, 4.69) is 9.97 Å². The third-order valence-corrected chi connectivity index (χ3v) is 5.45. The maximum Gasteiger partial charge on any atom is 0.256 e. The van der Waals surface area contributed by atoms with E-state index in [1.165, 1.54) is 31.4 Å². The van der Waals surface area contributed by atoms with Gasteiger partial charge in [0.2, 0.25) is 0 Å². The fourth-order valence-corrected chi connectivity index (χ4v) is 4.24. The normalized spacial score (nSPS) is 16.2. The van der Waals surface area contributed by atoms with E-state index in [1.54, 1.807) is 12.3 Å². The highest BCUT2D eigenvalue weighted by Crippen LogP contribution is 2.36. The van der Waals surface area contributed by atoms with E-state index >= 15 is 0 Å². The predicted octanol–water partition coefficient (Wildman–Crippen LogP) is 4.74. The molecule has 2 heterocycles. The van der Waals surface area contributed by atoms with Gasteiger partial charge in [-0.15, -0.1) is 0 Å². The smallest absolute Gasteiger partial charge is 0.256 e. The third kappa shape index (κ3) is 2.18. The maximum atomic E-state index is 13.9. The first-order chi connectivity index (χ1) is 12.2. The zero-order chi connectivity index (χ0) is 17.0. The molecule has 1 aliphatic carbocycles. The van der Waals surface area contributed by atoms with Crippen LogP contribution in [0.5, 0.6) is 0 Å². The van der Waals surface area contributed by atoms with Crippen LogP contribution >= 0.6 is 0 Å². The van der Waals surface area contributed by atoms with Gasteiger partial charge in [-0.05, 0) is 37.1 Å². The standard InChI is InChI=1S/C20H18FN3O/c21-12-6-7-13-15(10-12)16-14(8-9-22-20(16)25)18-17(13)23-19(24-18)11-4-2-1-3-5-11/h6-11H,1-5H2,(H,22,25)(H,23,24). The lowest BCUT2D eigenvalue weighted by Gasteiger charge is -2.19. The molecule has 0 radical (unpaired) electrons. The molecule has 1 fully saturated rings. The summed E-state index contributed by atoms with van der Waals surface area (Å²) in [4.78, 5) is 23.5. The van der Waals surface area contributed by atoms with Gasteiger partial charge in [-0.2, -0.15) is 0 Å². The van der Waals surface area contributed by atoms with Crippen molar-refractivity contribution >= 4 is 32.6 Å². The first-order valence-corrected chi connectivity index (χ1v) is 8.84. The second-order valence-electron chi connectivity index (χ2n) is 6.97. The van der Waals surface area contributed by atoms with Crippen molar-refractivity contribution in [2.75, 3.05) is 0 Å². The van der Waals surface area contributed by atoms with Gasteiger partial charge in [0.1, 0.15) is 11.6 Å². The van der Waals surface area contributed by atoms with Crippen molar-refractivity contribution < 1.29 is 4.39 Å².